The Kier molecular flexibility index (Phi) is 4.35. The average Bonchev–Trinajstić information content (AvgIpc) is 2.78. The van der Waals surface area contributed by atoms with Crippen molar-refractivity contribution in [2.24, 2.45) is 11.3 Å². The normalized spacial score (nSPS) is 32.4. The lowest BCUT2D eigenvalue weighted by atomic mass is 9.83. The highest BCUT2D eigenvalue weighted by molar-refractivity contribution is 6.18. The van der Waals surface area contributed by atoms with Crippen LogP contribution in [0.2, 0.25) is 0 Å². The molecule has 0 aliphatic heterocycles. The van der Waals surface area contributed by atoms with Crippen molar-refractivity contribution in [2.75, 3.05) is 5.88 Å². The van der Waals surface area contributed by atoms with Crippen molar-refractivity contribution < 1.29 is 4.79 Å². The van der Waals surface area contributed by atoms with Gasteiger partial charge in [0.05, 0.1) is 0 Å². The van der Waals surface area contributed by atoms with Gasteiger partial charge in [0.25, 0.3) is 0 Å². The van der Waals surface area contributed by atoms with Crippen molar-refractivity contribution in [3.8, 4) is 0 Å². The first-order valence-corrected chi connectivity index (χ1v) is 7.56. The van der Waals surface area contributed by atoms with Gasteiger partial charge in [0, 0.05) is 17.3 Å². The molecule has 2 unspecified atom stereocenters. The monoisotopic (exact) mass is 257 g/mol. The van der Waals surface area contributed by atoms with Gasteiger partial charge in [-0.05, 0) is 31.6 Å². The maximum absolute atomic E-state index is 12.3. The standard InChI is InChI=1S/C14H24ClNO/c1-14(8-4-5-9-14)13(17)16-12-7-3-2-6-11(12)10-15/h11-12H,2-10H2,1H3,(H,16,17). The molecule has 0 aromatic heterocycles. The summed E-state index contributed by atoms with van der Waals surface area (Å²) in [6, 6.07) is 0.325. The third-order valence-corrected chi connectivity index (χ3v) is 5.08. The van der Waals surface area contributed by atoms with Crippen LogP contribution in [0.15, 0.2) is 0 Å². The van der Waals surface area contributed by atoms with E-state index in [1.807, 2.05) is 0 Å². The minimum Gasteiger partial charge on any atom is -0.353 e. The van der Waals surface area contributed by atoms with E-state index >= 15 is 0 Å². The van der Waals surface area contributed by atoms with Crippen LogP contribution in [0.25, 0.3) is 0 Å². The number of hydrogen-bond donors (Lipinski definition) is 1. The minimum absolute atomic E-state index is 0.103. The fourth-order valence-electron chi connectivity index (χ4n) is 3.31. The Bertz CT molecular complexity index is 273. The van der Waals surface area contributed by atoms with E-state index in [-0.39, 0.29) is 11.3 Å². The molecule has 98 valence electrons. The Morgan fingerprint density at radius 1 is 1.24 bits per heavy atom. The van der Waals surface area contributed by atoms with Crippen molar-refractivity contribution in [3.05, 3.63) is 0 Å². The fourth-order valence-corrected chi connectivity index (χ4v) is 3.68. The van der Waals surface area contributed by atoms with Gasteiger partial charge >= 0.3 is 0 Å². The zero-order valence-electron chi connectivity index (χ0n) is 10.8. The van der Waals surface area contributed by atoms with E-state index in [2.05, 4.69) is 12.2 Å². The zero-order valence-corrected chi connectivity index (χ0v) is 11.6. The number of carbonyl (C=O) groups excluding carboxylic acids is 1. The molecule has 2 nitrogen and oxygen atoms in total. The van der Waals surface area contributed by atoms with Crippen molar-refractivity contribution in [3.63, 3.8) is 0 Å². The molecule has 2 rings (SSSR count). The predicted molar refractivity (Wildman–Crippen MR) is 71.2 cm³/mol. The van der Waals surface area contributed by atoms with Crippen LogP contribution in [0.1, 0.15) is 58.3 Å². The molecule has 2 saturated carbocycles. The Balaban J connectivity index is 1.92. The zero-order chi connectivity index (χ0) is 12.3. The summed E-state index contributed by atoms with van der Waals surface area (Å²) >= 11 is 6.00. The van der Waals surface area contributed by atoms with Crippen molar-refractivity contribution >= 4 is 17.5 Å². The van der Waals surface area contributed by atoms with E-state index in [1.165, 1.54) is 32.1 Å². The summed E-state index contributed by atoms with van der Waals surface area (Å²) in [6.45, 7) is 2.12. The van der Waals surface area contributed by atoms with Crippen LogP contribution in [0, 0.1) is 11.3 Å². The number of hydrogen-bond acceptors (Lipinski definition) is 1. The van der Waals surface area contributed by atoms with Gasteiger partial charge in [0.15, 0.2) is 0 Å². The first-order valence-electron chi connectivity index (χ1n) is 7.03. The predicted octanol–water partition coefficient (Wildman–Crippen LogP) is 3.48. The van der Waals surface area contributed by atoms with Crippen LogP contribution >= 0.6 is 11.6 Å². The molecule has 1 amide bonds. The SMILES string of the molecule is CC1(C(=O)NC2CCCCC2CCl)CCCC1. The van der Waals surface area contributed by atoms with E-state index in [9.17, 15) is 4.79 Å². The highest BCUT2D eigenvalue weighted by atomic mass is 35.5. The van der Waals surface area contributed by atoms with Crippen LogP contribution in [0.4, 0.5) is 0 Å². The van der Waals surface area contributed by atoms with Crippen LogP contribution in [-0.2, 0) is 4.79 Å². The summed E-state index contributed by atoms with van der Waals surface area (Å²) in [7, 11) is 0. The number of halogens is 1. The maximum Gasteiger partial charge on any atom is 0.226 e. The molecule has 1 N–H and O–H groups in total. The lowest BCUT2D eigenvalue weighted by Gasteiger charge is -2.34. The van der Waals surface area contributed by atoms with Crippen LogP contribution in [-0.4, -0.2) is 17.8 Å². The molecule has 2 aliphatic carbocycles. The smallest absolute Gasteiger partial charge is 0.226 e. The third-order valence-electron chi connectivity index (χ3n) is 4.68. The van der Waals surface area contributed by atoms with Gasteiger partial charge in [-0.3, -0.25) is 4.79 Å². The maximum atomic E-state index is 12.3. The lowest BCUT2D eigenvalue weighted by Crippen LogP contribution is -2.47. The second-order valence-electron chi connectivity index (χ2n) is 6.05. The summed E-state index contributed by atoms with van der Waals surface area (Å²) in [6.07, 6.45) is 9.29. The Labute approximate surface area is 109 Å². The molecule has 0 aromatic rings. The molecule has 2 atom stereocenters. The summed E-state index contributed by atoms with van der Waals surface area (Å²) in [5, 5.41) is 3.28. The van der Waals surface area contributed by atoms with Crippen LogP contribution in [0.5, 0.6) is 0 Å². The summed E-state index contributed by atoms with van der Waals surface area (Å²) < 4.78 is 0. The molecule has 0 aromatic carbocycles. The number of amides is 1. The van der Waals surface area contributed by atoms with E-state index in [1.54, 1.807) is 0 Å². The van der Waals surface area contributed by atoms with E-state index in [0.29, 0.717) is 17.8 Å². The van der Waals surface area contributed by atoms with Crippen molar-refractivity contribution in [2.45, 2.75) is 64.3 Å². The number of carbonyl (C=O) groups is 1. The first kappa shape index (κ1) is 13.2. The largest absolute Gasteiger partial charge is 0.353 e. The Hall–Kier alpha value is -0.240. The minimum atomic E-state index is -0.103. The topological polar surface area (TPSA) is 29.1 Å². The molecule has 0 heterocycles. The van der Waals surface area contributed by atoms with E-state index < -0.39 is 0 Å². The molecule has 0 spiro atoms. The summed E-state index contributed by atoms with van der Waals surface area (Å²) in [5.41, 5.74) is -0.103. The van der Waals surface area contributed by atoms with Gasteiger partial charge in [-0.15, -0.1) is 11.6 Å². The Morgan fingerprint density at radius 3 is 2.53 bits per heavy atom. The molecule has 0 radical (unpaired) electrons. The molecule has 3 heteroatoms. The van der Waals surface area contributed by atoms with Gasteiger partial charge in [-0.2, -0.15) is 0 Å². The van der Waals surface area contributed by atoms with E-state index in [0.717, 1.165) is 19.3 Å². The average molecular weight is 258 g/mol. The van der Waals surface area contributed by atoms with Crippen molar-refractivity contribution in [1.82, 2.24) is 5.32 Å². The van der Waals surface area contributed by atoms with E-state index in [4.69, 9.17) is 11.6 Å². The molecule has 17 heavy (non-hydrogen) atoms. The van der Waals surface area contributed by atoms with Gasteiger partial charge < -0.3 is 5.32 Å². The number of rotatable bonds is 3. The second-order valence-corrected chi connectivity index (χ2v) is 6.36. The van der Waals surface area contributed by atoms with Gasteiger partial charge in [0.1, 0.15) is 0 Å². The molecule has 2 aliphatic rings. The van der Waals surface area contributed by atoms with Crippen molar-refractivity contribution in [1.29, 1.82) is 0 Å². The second kappa shape index (κ2) is 5.60. The molecule has 2 fully saturated rings. The lowest BCUT2D eigenvalue weighted by molar-refractivity contribution is -0.131. The van der Waals surface area contributed by atoms with Crippen LogP contribution in [0.3, 0.4) is 0 Å². The Morgan fingerprint density at radius 2 is 1.88 bits per heavy atom. The van der Waals surface area contributed by atoms with Crippen LogP contribution < -0.4 is 5.32 Å². The van der Waals surface area contributed by atoms with Gasteiger partial charge in [0.2, 0.25) is 5.91 Å². The summed E-state index contributed by atoms with van der Waals surface area (Å²) in [5.74, 6) is 1.44. The molecule has 0 bridgehead atoms. The fraction of sp³-hybridized carbons (Fsp3) is 0.929. The third kappa shape index (κ3) is 2.96. The number of nitrogens with one attached hydrogen (secondary N) is 1. The molecular weight excluding hydrogens is 234 g/mol. The quantitative estimate of drug-likeness (QED) is 0.771. The molecular formula is C14H24ClNO. The van der Waals surface area contributed by atoms with Gasteiger partial charge in [-0.25, -0.2) is 0 Å². The highest BCUT2D eigenvalue weighted by Gasteiger charge is 2.38. The highest BCUT2D eigenvalue weighted by Crippen LogP contribution is 2.38. The number of alkyl halides is 1. The molecule has 0 saturated heterocycles. The summed E-state index contributed by atoms with van der Waals surface area (Å²) in [4.78, 5) is 12.3. The van der Waals surface area contributed by atoms with Gasteiger partial charge in [-0.1, -0.05) is 32.6 Å². The first-order chi connectivity index (χ1) is 8.15.